The lowest BCUT2D eigenvalue weighted by molar-refractivity contribution is -0.143. The second-order valence-corrected chi connectivity index (χ2v) is 29.1. The Labute approximate surface area is 643 Å². The van der Waals surface area contributed by atoms with E-state index in [9.17, 15) is 47.9 Å². The van der Waals surface area contributed by atoms with Crippen molar-refractivity contribution in [3.63, 3.8) is 0 Å². The number of anilines is 3. The normalized spacial score (nSPS) is 16.6. The number of aldehydes is 1. The highest BCUT2D eigenvalue weighted by Crippen LogP contribution is 2.37. The number of benzene rings is 6. The number of fused-ring (bicyclic) bond motifs is 6. The number of ether oxygens (including phenoxy) is 2. The molecule has 25 nitrogen and oxygen atoms in total. The minimum absolute atomic E-state index is 0.0875. The number of hydrogen-bond donors (Lipinski definition) is 10. The third-order valence-corrected chi connectivity index (χ3v) is 20.9. The average molecular weight is 1510 g/mol. The lowest BCUT2D eigenvalue weighted by Gasteiger charge is -2.13. The van der Waals surface area contributed by atoms with Crippen LogP contribution in [0.1, 0.15) is 165 Å². The van der Waals surface area contributed by atoms with Crippen LogP contribution in [0.15, 0.2) is 127 Å². The molecule has 0 bridgehead atoms. The van der Waals surface area contributed by atoms with Crippen LogP contribution in [0.25, 0.3) is 56.0 Å². The molecule has 6 aromatic carbocycles. The summed E-state index contributed by atoms with van der Waals surface area (Å²) in [5.74, 6) is -4.03. The highest BCUT2D eigenvalue weighted by molar-refractivity contribution is 6.36. The Balaban J connectivity index is 0.000000144. The van der Waals surface area contributed by atoms with Gasteiger partial charge in [0.1, 0.15) is 18.1 Å². The summed E-state index contributed by atoms with van der Waals surface area (Å²) in [7, 11) is 2.53. The number of hydrogen-bond acceptors (Lipinski definition) is 15. The number of carbonyl (C=O) groups is 10. The summed E-state index contributed by atoms with van der Waals surface area (Å²) in [6.45, 7) is 15.5. The number of aliphatic carboxylic acids is 1. The maximum atomic E-state index is 12.8. The van der Waals surface area contributed by atoms with Gasteiger partial charge in [-0.1, -0.05) is 36.4 Å². The molecule has 10 N–H and O–H groups in total. The molecule has 3 aromatic heterocycles. The molecular weight excluding hydrogens is 1410 g/mol. The molecule has 9 heterocycles. The average Bonchev–Trinajstić information content (AvgIpc) is 1.63. The van der Waals surface area contributed by atoms with E-state index >= 15 is 0 Å². The number of aromatic amines is 3. The van der Waals surface area contributed by atoms with Crippen LogP contribution in [0.2, 0.25) is 0 Å². The summed E-state index contributed by atoms with van der Waals surface area (Å²) in [4.78, 5) is 136. The number of H-pyrrole nitrogens is 3. The highest BCUT2D eigenvalue weighted by atomic mass is 16.5. The van der Waals surface area contributed by atoms with Crippen molar-refractivity contribution in [3.8, 4) is 0 Å². The Kier molecular flexibility index (Phi) is 26.0. The van der Waals surface area contributed by atoms with E-state index in [1.165, 1.54) is 129 Å². The van der Waals surface area contributed by atoms with Crippen molar-refractivity contribution in [2.75, 3.05) is 89.1 Å². The summed E-state index contributed by atoms with van der Waals surface area (Å²) in [6.07, 6.45) is 19.6. The molecule has 3 saturated heterocycles. The Bertz CT molecular complexity index is 5070. The second kappa shape index (κ2) is 36.6. The Morgan fingerprint density at radius 1 is 0.450 bits per heavy atom. The zero-order valence-electron chi connectivity index (χ0n) is 63.3. The Morgan fingerprint density at radius 3 is 1.19 bits per heavy atom. The lowest BCUT2D eigenvalue weighted by atomic mass is 10.0. The number of aryl methyl sites for hydroxylation is 3. The number of amides is 6. The molecule has 0 aliphatic carbocycles. The van der Waals surface area contributed by atoms with E-state index in [1.807, 2.05) is 24.3 Å². The molecule has 6 aliphatic rings. The maximum absolute atomic E-state index is 12.8. The first-order chi connectivity index (χ1) is 53.6. The van der Waals surface area contributed by atoms with Gasteiger partial charge in [-0.2, -0.15) is 0 Å². The third kappa shape index (κ3) is 20.4. The van der Waals surface area contributed by atoms with Crippen molar-refractivity contribution < 1.29 is 62.5 Å². The van der Waals surface area contributed by atoms with Gasteiger partial charge in [0.25, 0.3) is 29.5 Å². The van der Waals surface area contributed by atoms with E-state index in [-0.39, 0.29) is 29.2 Å². The van der Waals surface area contributed by atoms with Crippen molar-refractivity contribution in [2.45, 2.75) is 122 Å². The predicted octanol–water partition coefficient (Wildman–Crippen LogP) is 11.4. The molecule has 6 amide bonds. The van der Waals surface area contributed by atoms with Gasteiger partial charge >= 0.3 is 17.9 Å². The standard InChI is InChI=1S/C29H32N4O4.C28H30N4O4.C16H20N2O.C13H14N2O4/c1-18(29(36)37-2)30-27(34)20-8-9-23-24(28(35)32-26(23)16-20)17-22-15-21-14-19(7-10-25(21)31-22)6-5-13-33-11-3-4-12-33;1-17(28(35)36)29-26(33)19-7-8-22-23(27(34)31-25(22)15-19)16-21-14-20-13-18(6-9-24(20)30-21)5-4-12-32-10-2-3-11-32;19-12-15-11-14-10-13(5-6-16(14)17-15)4-3-9-18-7-1-2-8-18;1-7(13(18)19-2)14-12(17)9-4-3-8-6-11(16)15-10(8)5-9/h7-10,14-18,31H,3-6,11-13H2,1-2H3,(H,30,34)(H,32,35);6-9,13-17,30H,2-5,10-12H2,1H3,(H,29,33)(H,31,34)(H,35,36);5-6,10-12,17H,1-4,7-9H2;3-5,7H,6H2,1-2H3,(H,14,17)(H,15,16)/b24-17-;23-16-;;. The largest absolute Gasteiger partial charge is 0.480 e. The zero-order valence-corrected chi connectivity index (χ0v) is 63.3. The molecule has 6 aliphatic heterocycles. The third-order valence-electron chi connectivity index (χ3n) is 20.9. The minimum Gasteiger partial charge on any atom is -0.480 e. The number of carboxylic acid groups (broad SMARTS) is 1. The topological polar surface area (TPSA) is 339 Å². The molecule has 578 valence electrons. The molecule has 25 heteroatoms. The summed E-state index contributed by atoms with van der Waals surface area (Å²) in [5, 5.41) is 28.2. The fourth-order valence-corrected chi connectivity index (χ4v) is 14.8. The van der Waals surface area contributed by atoms with E-state index in [4.69, 9.17) is 5.11 Å². The molecule has 0 radical (unpaired) electrons. The minimum atomic E-state index is -1.12. The van der Waals surface area contributed by atoms with Gasteiger partial charge < -0.3 is 76.1 Å². The van der Waals surface area contributed by atoms with E-state index in [2.05, 4.69) is 132 Å². The smallest absolute Gasteiger partial charge is 0.328 e. The maximum Gasteiger partial charge on any atom is 0.328 e. The first kappa shape index (κ1) is 78.8. The zero-order chi connectivity index (χ0) is 78.2. The molecule has 3 unspecified atom stereocenters. The fraction of sp³-hybridized carbons (Fsp3) is 0.349. The van der Waals surface area contributed by atoms with Crippen molar-refractivity contribution in [1.82, 2.24) is 45.6 Å². The van der Waals surface area contributed by atoms with Crippen LogP contribution in [0, 0.1) is 0 Å². The van der Waals surface area contributed by atoms with Crippen LogP contribution in [0.4, 0.5) is 17.1 Å². The number of carbonyl (C=O) groups excluding carboxylic acids is 9. The van der Waals surface area contributed by atoms with Gasteiger partial charge in [-0.15, -0.1) is 0 Å². The van der Waals surface area contributed by atoms with E-state index in [1.54, 1.807) is 68.4 Å². The predicted molar refractivity (Wildman–Crippen MR) is 429 cm³/mol. The molecule has 111 heavy (non-hydrogen) atoms. The summed E-state index contributed by atoms with van der Waals surface area (Å²) in [6, 6.07) is 37.8. The molecule has 9 aromatic rings. The molecule has 0 saturated carbocycles. The number of carboxylic acids is 1. The van der Waals surface area contributed by atoms with E-state index in [0.717, 1.165) is 107 Å². The van der Waals surface area contributed by atoms with E-state index in [0.29, 0.717) is 57.0 Å². The highest BCUT2D eigenvalue weighted by Gasteiger charge is 2.29. The van der Waals surface area contributed by atoms with Gasteiger partial charge in [0, 0.05) is 89.0 Å². The van der Waals surface area contributed by atoms with Gasteiger partial charge in [0.15, 0.2) is 6.29 Å². The van der Waals surface area contributed by atoms with Gasteiger partial charge in [-0.05, 0) is 282 Å². The first-order valence-electron chi connectivity index (χ1n) is 38.2. The number of methoxy groups -OCH3 is 2. The number of esters is 2. The molecule has 0 spiro atoms. The van der Waals surface area contributed by atoms with Crippen molar-refractivity contribution in [3.05, 3.63) is 195 Å². The van der Waals surface area contributed by atoms with Crippen LogP contribution in [0.3, 0.4) is 0 Å². The summed E-state index contributed by atoms with van der Waals surface area (Å²) >= 11 is 0. The van der Waals surface area contributed by atoms with Gasteiger partial charge in [0.2, 0.25) is 5.91 Å². The van der Waals surface area contributed by atoms with Crippen molar-refractivity contribution in [2.24, 2.45) is 0 Å². The van der Waals surface area contributed by atoms with Crippen LogP contribution < -0.4 is 31.9 Å². The quantitative estimate of drug-likeness (QED) is 0.0153. The first-order valence-corrected chi connectivity index (χ1v) is 38.2. The number of nitrogens with one attached hydrogen (secondary N) is 9. The molecule has 3 atom stereocenters. The van der Waals surface area contributed by atoms with Crippen LogP contribution in [0.5, 0.6) is 0 Å². The van der Waals surface area contributed by atoms with Crippen molar-refractivity contribution >= 4 is 133 Å². The van der Waals surface area contributed by atoms with Gasteiger partial charge in [-0.3, -0.25) is 38.4 Å². The van der Waals surface area contributed by atoms with Crippen LogP contribution in [-0.2, 0) is 63.9 Å². The molecular formula is C86H96N12O13. The van der Waals surface area contributed by atoms with Crippen LogP contribution in [-0.4, -0.2) is 186 Å². The summed E-state index contributed by atoms with van der Waals surface area (Å²) < 4.78 is 9.18. The summed E-state index contributed by atoms with van der Waals surface area (Å²) in [5.41, 5.74) is 15.5. The van der Waals surface area contributed by atoms with Gasteiger partial charge in [0.05, 0.1) is 37.5 Å². The monoisotopic (exact) mass is 1500 g/mol. The molecule has 3 fully saturated rings. The molecule has 15 rings (SSSR count). The second-order valence-electron chi connectivity index (χ2n) is 29.1. The van der Waals surface area contributed by atoms with Crippen molar-refractivity contribution in [1.29, 1.82) is 0 Å². The fourth-order valence-electron chi connectivity index (χ4n) is 14.8. The Morgan fingerprint density at radius 2 is 0.811 bits per heavy atom. The lowest BCUT2D eigenvalue weighted by Crippen LogP contribution is -2.39. The van der Waals surface area contributed by atoms with E-state index < -0.39 is 47.8 Å². The van der Waals surface area contributed by atoms with Crippen LogP contribution >= 0.6 is 0 Å². The van der Waals surface area contributed by atoms with Gasteiger partial charge in [-0.25, -0.2) is 9.59 Å². The number of rotatable bonds is 24. The number of likely N-dealkylation sites (tertiary alicyclic amines) is 3. The number of nitrogens with zero attached hydrogens (tertiary/aromatic N) is 3. The SMILES string of the molecule is CC(NC(=O)c1ccc2c(c1)NC(=O)/C2=C\c1cc2cc(CCCN3CCCC3)ccc2[nH]1)C(=O)O.COC(=O)C(C)NC(=O)c1ccc2c(c1)NC(=O)/C2=C\c1cc2cc(CCCN3CCCC3)ccc2[nH]1.COC(=O)C(C)NC(=O)c1ccc2c(c1)NC(=O)C2.O=Cc1cc2cc(CCCN3CCCC3)ccc2[nH]1. The number of aromatic nitrogens is 3. The Hall–Kier alpha value is -11.8.